The number of nitrogens with one attached hydrogen (secondary N) is 1. The molecule has 0 aromatic heterocycles. The summed E-state index contributed by atoms with van der Waals surface area (Å²) in [5.74, 6) is 0.587. The minimum atomic E-state index is 0.253. The van der Waals surface area contributed by atoms with Crippen molar-refractivity contribution in [2.75, 3.05) is 26.2 Å². The molecule has 3 N–H and O–H groups in total. The van der Waals surface area contributed by atoms with Gasteiger partial charge in [0, 0.05) is 25.0 Å². The molecule has 1 amide bonds. The molecule has 2 rings (SSSR count). The lowest BCUT2D eigenvalue weighted by molar-refractivity contribution is -0.122. The minimum Gasteiger partial charge on any atom is -0.355 e. The van der Waals surface area contributed by atoms with E-state index in [0.717, 1.165) is 51.9 Å². The summed E-state index contributed by atoms with van der Waals surface area (Å²) in [6, 6.07) is 0.391. The lowest BCUT2D eigenvalue weighted by Crippen LogP contribution is -2.43. The zero-order valence-electron chi connectivity index (χ0n) is 9.24. The van der Waals surface area contributed by atoms with E-state index < -0.39 is 0 Å². The predicted molar refractivity (Wildman–Crippen MR) is 59.4 cm³/mol. The fourth-order valence-corrected chi connectivity index (χ4v) is 2.00. The first-order chi connectivity index (χ1) is 7.25. The molecule has 86 valence electrons. The van der Waals surface area contributed by atoms with Gasteiger partial charge in [-0.2, -0.15) is 0 Å². The first kappa shape index (κ1) is 10.9. The van der Waals surface area contributed by atoms with Crippen molar-refractivity contribution in [2.45, 2.75) is 31.7 Å². The minimum absolute atomic E-state index is 0.253. The highest BCUT2D eigenvalue weighted by atomic mass is 16.2. The highest BCUT2D eigenvalue weighted by molar-refractivity contribution is 5.80. The fourth-order valence-electron chi connectivity index (χ4n) is 2.00. The zero-order chi connectivity index (χ0) is 10.7. The Morgan fingerprint density at radius 3 is 2.53 bits per heavy atom. The van der Waals surface area contributed by atoms with Gasteiger partial charge in [-0.3, -0.25) is 4.79 Å². The predicted octanol–water partition coefficient (Wildman–Crippen LogP) is -0.0643. The van der Waals surface area contributed by atoms with Crippen molar-refractivity contribution >= 4 is 5.91 Å². The van der Waals surface area contributed by atoms with Crippen LogP contribution in [0.1, 0.15) is 25.7 Å². The molecular weight excluding hydrogens is 190 g/mol. The topological polar surface area (TPSA) is 58.4 Å². The number of carbonyl (C=O) groups is 1. The third-order valence-corrected chi connectivity index (χ3v) is 3.31. The van der Waals surface area contributed by atoms with Crippen molar-refractivity contribution in [2.24, 2.45) is 11.7 Å². The van der Waals surface area contributed by atoms with Crippen molar-refractivity contribution in [3.63, 3.8) is 0 Å². The van der Waals surface area contributed by atoms with Crippen molar-refractivity contribution in [3.8, 4) is 0 Å². The first-order valence-electron chi connectivity index (χ1n) is 6.01. The van der Waals surface area contributed by atoms with Crippen LogP contribution in [0.3, 0.4) is 0 Å². The van der Waals surface area contributed by atoms with Crippen LogP contribution in [0.4, 0.5) is 0 Å². The Kier molecular flexibility index (Phi) is 3.59. The van der Waals surface area contributed by atoms with Crippen molar-refractivity contribution in [1.82, 2.24) is 10.2 Å². The van der Waals surface area contributed by atoms with Gasteiger partial charge in [-0.1, -0.05) is 0 Å². The highest BCUT2D eigenvalue weighted by Crippen LogP contribution is 2.28. The second-order valence-electron chi connectivity index (χ2n) is 4.74. The first-order valence-corrected chi connectivity index (χ1v) is 6.01. The summed E-state index contributed by atoms with van der Waals surface area (Å²) in [7, 11) is 0. The molecular formula is C11H21N3O. The number of hydrogen-bond acceptors (Lipinski definition) is 3. The summed E-state index contributed by atoms with van der Waals surface area (Å²) in [5.41, 5.74) is 5.83. The van der Waals surface area contributed by atoms with E-state index in [2.05, 4.69) is 10.2 Å². The summed E-state index contributed by atoms with van der Waals surface area (Å²) in [6.45, 7) is 3.94. The van der Waals surface area contributed by atoms with Crippen LogP contribution in [-0.2, 0) is 4.79 Å². The van der Waals surface area contributed by atoms with Crippen LogP contribution in [0.2, 0.25) is 0 Å². The third kappa shape index (κ3) is 3.47. The van der Waals surface area contributed by atoms with Gasteiger partial charge in [0.15, 0.2) is 0 Å². The Hall–Kier alpha value is -0.610. The molecule has 0 spiro atoms. The number of likely N-dealkylation sites (tertiary alicyclic amines) is 1. The maximum atomic E-state index is 11.3. The van der Waals surface area contributed by atoms with Crippen LogP contribution in [0, 0.1) is 5.92 Å². The molecule has 15 heavy (non-hydrogen) atoms. The summed E-state index contributed by atoms with van der Waals surface area (Å²) < 4.78 is 0. The molecule has 1 aliphatic carbocycles. The van der Waals surface area contributed by atoms with Gasteiger partial charge in [-0.05, 0) is 38.8 Å². The number of carbonyl (C=O) groups excluding carboxylic acids is 1. The third-order valence-electron chi connectivity index (χ3n) is 3.31. The maximum absolute atomic E-state index is 11.3. The summed E-state index contributed by atoms with van der Waals surface area (Å²) >= 11 is 0. The Labute approximate surface area is 91.2 Å². The van der Waals surface area contributed by atoms with E-state index in [1.165, 1.54) is 0 Å². The standard InChI is InChI=1S/C11H21N3O/c12-10-3-6-14(7-4-10)8-5-13-11(15)9-1-2-9/h9-10H,1-8,12H2,(H,13,15). The molecule has 1 aliphatic heterocycles. The van der Waals surface area contributed by atoms with Gasteiger partial charge in [-0.25, -0.2) is 0 Å². The van der Waals surface area contributed by atoms with Crippen LogP contribution in [0.5, 0.6) is 0 Å². The lowest BCUT2D eigenvalue weighted by atomic mass is 10.1. The van der Waals surface area contributed by atoms with Crippen LogP contribution < -0.4 is 11.1 Å². The quantitative estimate of drug-likeness (QED) is 0.684. The molecule has 0 atom stereocenters. The number of amides is 1. The monoisotopic (exact) mass is 211 g/mol. The van der Waals surface area contributed by atoms with Gasteiger partial charge >= 0.3 is 0 Å². The van der Waals surface area contributed by atoms with Crippen LogP contribution in [0.25, 0.3) is 0 Å². The number of hydrogen-bond donors (Lipinski definition) is 2. The second kappa shape index (κ2) is 4.94. The van der Waals surface area contributed by atoms with Crippen molar-refractivity contribution in [3.05, 3.63) is 0 Å². The molecule has 0 aromatic rings. The maximum Gasteiger partial charge on any atom is 0.223 e. The molecule has 0 radical (unpaired) electrons. The van der Waals surface area contributed by atoms with E-state index >= 15 is 0 Å². The molecule has 2 fully saturated rings. The molecule has 0 bridgehead atoms. The zero-order valence-corrected chi connectivity index (χ0v) is 9.24. The Morgan fingerprint density at radius 2 is 1.93 bits per heavy atom. The Bertz CT molecular complexity index is 220. The molecule has 4 heteroatoms. The molecule has 1 saturated carbocycles. The van der Waals surface area contributed by atoms with E-state index in [0.29, 0.717) is 12.0 Å². The van der Waals surface area contributed by atoms with Gasteiger partial charge in [0.2, 0.25) is 5.91 Å². The summed E-state index contributed by atoms with van der Waals surface area (Å²) in [5, 5.41) is 2.99. The molecule has 1 heterocycles. The molecule has 4 nitrogen and oxygen atoms in total. The number of rotatable bonds is 4. The van der Waals surface area contributed by atoms with E-state index in [1.807, 2.05) is 0 Å². The van der Waals surface area contributed by atoms with E-state index in [9.17, 15) is 4.79 Å². The number of piperidine rings is 1. The number of nitrogens with zero attached hydrogens (tertiary/aromatic N) is 1. The van der Waals surface area contributed by atoms with Crippen molar-refractivity contribution in [1.29, 1.82) is 0 Å². The largest absolute Gasteiger partial charge is 0.355 e. The SMILES string of the molecule is NC1CCN(CCNC(=O)C2CC2)CC1. The smallest absolute Gasteiger partial charge is 0.223 e. The van der Waals surface area contributed by atoms with E-state index in [-0.39, 0.29) is 5.91 Å². The summed E-state index contributed by atoms with van der Waals surface area (Å²) in [6.07, 6.45) is 4.36. The van der Waals surface area contributed by atoms with E-state index in [1.54, 1.807) is 0 Å². The van der Waals surface area contributed by atoms with Crippen LogP contribution in [-0.4, -0.2) is 43.0 Å². The fraction of sp³-hybridized carbons (Fsp3) is 0.909. The molecule has 0 unspecified atom stereocenters. The van der Waals surface area contributed by atoms with Gasteiger partial charge in [0.1, 0.15) is 0 Å². The molecule has 1 saturated heterocycles. The van der Waals surface area contributed by atoms with Gasteiger partial charge in [0.25, 0.3) is 0 Å². The van der Waals surface area contributed by atoms with E-state index in [4.69, 9.17) is 5.73 Å². The van der Waals surface area contributed by atoms with Gasteiger partial charge in [0.05, 0.1) is 0 Å². The normalized spacial score (nSPS) is 24.1. The summed E-state index contributed by atoms with van der Waals surface area (Å²) in [4.78, 5) is 13.7. The Morgan fingerprint density at radius 1 is 1.27 bits per heavy atom. The van der Waals surface area contributed by atoms with Crippen LogP contribution in [0.15, 0.2) is 0 Å². The average Bonchev–Trinajstić information content (AvgIpc) is 3.04. The second-order valence-corrected chi connectivity index (χ2v) is 4.74. The van der Waals surface area contributed by atoms with Gasteiger partial charge in [-0.15, -0.1) is 0 Å². The Balaban J connectivity index is 1.55. The average molecular weight is 211 g/mol. The lowest BCUT2D eigenvalue weighted by Gasteiger charge is -2.29. The molecule has 2 aliphatic rings. The highest BCUT2D eigenvalue weighted by Gasteiger charge is 2.29. The van der Waals surface area contributed by atoms with Gasteiger partial charge < -0.3 is 16.0 Å². The molecule has 0 aromatic carbocycles. The van der Waals surface area contributed by atoms with Crippen molar-refractivity contribution < 1.29 is 4.79 Å². The van der Waals surface area contributed by atoms with Crippen LogP contribution >= 0.6 is 0 Å². The number of nitrogens with two attached hydrogens (primary N) is 1.